The quantitative estimate of drug-likeness (QED) is 0.755. The first kappa shape index (κ1) is 19.3. The Kier molecular flexibility index (Phi) is 6.57. The second-order valence-corrected chi connectivity index (χ2v) is 5.55. The highest BCUT2D eigenvalue weighted by Crippen LogP contribution is 2.23. The number of benzene rings is 2. The van der Waals surface area contributed by atoms with Crippen LogP contribution in [-0.4, -0.2) is 38.5 Å². The molecule has 0 atom stereocenters. The Bertz CT molecular complexity index is 821. The van der Waals surface area contributed by atoms with Crippen molar-refractivity contribution in [2.24, 2.45) is 0 Å². The summed E-state index contributed by atoms with van der Waals surface area (Å²) in [5.74, 6) is -0.822. The molecule has 0 spiro atoms. The van der Waals surface area contributed by atoms with E-state index < -0.39 is 17.8 Å². The average molecular weight is 377 g/mol. The number of nitrogens with one attached hydrogen (secondary N) is 2. The normalized spacial score (nSPS) is 9.96. The smallest absolute Gasteiger partial charge is 0.337 e. The molecule has 2 amide bonds. The molecule has 0 saturated heterocycles. The molecule has 0 aliphatic rings. The van der Waals surface area contributed by atoms with Crippen LogP contribution in [0, 0.1) is 0 Å². The van der Waals surface area contributed by atoms with E-state index in [1.165, 1.54) is 32.4 Å². The molecule has 0 fully saturated rings. The molecule has 136 valence electrons. The zero-order chi connectivity index (χ0) is 19.1. The fourth-order valence-corrected chi connectivity index (χ4v) is 2.23. The van der Waals surface area contributed by atoms with Gasteiger partial charge >= 0.3 is 5.97 Å². The zero-order valence-corrected chi connectivity index (χ0v) is 14.9. The van der Waals surface area contributed by atoms with Crippen molar-refractivity contribution >= 4 is 35.1 Å². The van der Waals surface area contributed by atoms with Crippen LogP contribution in [0.2, 0.25) is 5.02 Å². The first-order valence-electron chi connectivity index (χ1n) is 7.54. The standard InChI is InChI=1S/C18H17ClN2O5/c1-25-13-6-3-11(4-7-13)17(23)20-10-16(22)21-15-9-12(18(24)26-2)5-8-14(15)19/h3-9H,10H2,1-2H3,(H,20,23)(H,21,22). The monoisotopic (exact) mass is 376 g/mol. The van der Waals surface area contributed by atoms with E-state index in [-0.39, 0.29) is 22.8 Å². The Morgan fingerprint density at radius 1 is 1.00 bits per heavy atom. The molecule has 0 aliphatic heterocycles. The largest absolute Gasteiger partial charge is 0.497 e. The predicted octanol–water partition coefficient (Wildman–Crippen LogP) is 2.50. The van der Waals surface area contributed by atoms with Gasteiger partial charge in [-0.2, -0.15) is 0 Å². The summed E-state index contributed by atoms with van der Waals surface area (Å²) in [4.78, 5) is 35.6. The molecule has 2 aromatic rings. The van der Waals surface area contributed by atoms with Crippen LogP contribution in [-0.2, 0) is 9.53 Å². The van der Waals surface area contributed by atoms with E-state index in [0.29, 0.717) is 11.3 Å². The summed E-state index contributed by atoms with van der Waals surface area (Å²) < 4.78 is 9.64. The van der Waals surface area contributed by atoms with Gasteiger partial charge in [-0.3, -0.25) is 9.59 Å². The van der Waals surface area contributed by atoms with Crippen LogP contribution in [0.25, 0.3) is 0 Å². The van der Waals surface area contributed by atoms with Crippen LogP contribution in [0.15, 0.2) is 42.5 Å². The summed E-state index contributed by atoms with van der Waals surface area (Å²) >= 11 is 6.01. The zero-order valence-electron chi connectivity index (χ0n) is 14.2. The SMILES string of the molecule is COC(=O)c1ccc(Cl)c(NC(=O)CNC(=O)c2ccc(OC)cc2)c1. The third-order valence-corrected chi connectivity index (χ3v) is 3.75. The van der Waals surface area contributed by atoms with Crippen LogP contribution >= 0.6 is 11.6 Å². The number of hydrogen-bond acceptors (Lipinski definition) is 5. The number of anilines is 1. The lowest BCUT2D eigenvalue weighted by Crippen LogP contribution is -2.32. The van der Waals surface area contributed by atoms with E-state index in [1.54, 1.807) is 24.3 Å². The third-order valence-electron chi connectivity index (χ3n) is 3.42. The van der Waals surface area contributed by atoms with Crippen molar-refractivity contribution in [3.63, 3.8) is 0 Å². The van der Waals surface area contributed by atoms with Gasteiger partial charge in [-0.25, -0.2) is 4.79 Å². The van der Waals surface area contributed by atoms with Crippen molar-refractivity contribution in [1.82, 2.24) is 5.32 Å². The van der Waals surface area contributed by atoms with Crippen molar-refractivity contribution in [3.8, 4) is 5.75 Å². The summed E-state index contributed by atoms with van der Waals surface area (Å²) in [6.45, 7) is -0.260. The lowest BCUT2D eigenvalue weighted by molar-refractivity contribution is -0.115. The van der Waals surface area contributed by atoms with Gasteiger partial charge < -0.3 is 20.1 Å². The van der Waals surface area contributed by atoms with Gasteiger partial charge in [-0.05, 0) is 42.5 Å². The highest BCUT2D eigenvalue weighted by atomic mass is 35.5. The van der Waals surface area contributed by atoms with Gasteiger partial charge in [-0.15, -0.1) is 0 Å². The Hall–Kier alpha value is -3.06. The molecule has 0 aliphatic carbocycles. The number of ether oxygens (including phenoxy) is 2. The van der Waals surface area contributed by atoms with E-state index in [2.05, 4.69) is 15.4 Å². The van der Waals surface area contributed by atoms with E-state index in [0.717, 1.165) is 0 Å². The summed E-state index contributed by atoms with van der Waals surface area (Å²) in [5, 5.41) is 5.30. The maximum Gasteiger partial charge on any atom is 0.337 e. The molecule has 2 rings (SSSR count). The van der Waals surface area contributed by atoms with E-state index in [4.69, 9.17) is 16.3 Å². The highest BCUT2D eigenvalue weighted by molar-refractivity contribution is 6.33. The fraction of sp³-hybridized carbons (Fsp3) is 0.167. The molecule has 7 nitrogen and oxygen atoms in total. The van der Waals surface area contributed by atoms with Gasteiger partial charge in [0.15, 0.2) is 0 Å². The molecule has 0 radical (unpaired) electrons. The van der Waals surface area contributed by atoms with Gasteiger partial charge in [0.05, 0.1) is 37.0 Å². The Morgan fingerprint density at radius 3 is 2.27 bits per heavy atom. The number of halogens is 1. The predicted molar refractivity (Wildman–Crippen MR) is 96.7 cm³/mol. The Labute approximate surface area is 155 Å². The van der Waals surface area contributed by atoms with Crippen molar-refractivity contribution in [1.29, 1.82) is 0 Å². The second kappa shape index (κ2) is 8.87. The fourth-order valence-electron chi connectivity index (χ4n) is 2.07. The van der Waals surface area contributed by atoms with Gasteiger partial charge in [0.25, 0.3) is 5.91 Å². The maximum atomic E-state index is 12.0. The minimum atomic E-state index is -0.551. The van der Waals surface area contributed by atoms with Crippen LogP contribution < -0.4 is 15.4 Å². The second-order valence-electron chi connectivity index (χ2n) is 5.15. The van der Waals surface area contributed by atoms with Gasteiger partial charge in [0.2, 0.25) is 5.91 Å². The van der Waals surface area contributed by atoms with Crippen LogP contribution in [0.3, 0.4) is 0 Å². The number of hydrogen-bond donors (Lipinski definition) is 2. The van der Waals surface area contributed by atoms with E-state index in [1.807, 2.05) is 0 Å². The number of amides is 2. The highest BCUT2D eigenvalue weighted by Gasteiger charge is 2.12. The molecule has 0 saturated carbocycles. The summed E-state index contributed by atoms with van der Waals surface area (Å²) in [7, 11) is 2.78. The minimum Gasteiger partial charge on any atom is -0.497 e. The molecule has 26 heavy (non-hydrogen) atoms. The lowest BCUT2D eigenvalue weighted by Gasteiger charge is -2.10. The summed E-state index contributed by atoms with van der Waals surface area (Å²) in [6.07, 6.45) is 0. The molecule has 0 aromatic heterocycles. The Morgan fingerprint density at radius 2 is 1.65 bits per heavy atom. The van der Waals surface area contributed by atoms with Crippen molar-refractivity contribution in [2.75, 3.05) is 26.1 Å². The number of carbonyl (C=O) groups excluding carboxylic acids is 3. The van der Waals surface area contributed by atoms with E-state index in [9.17, 15) is 14.4 Å². The van der Waals surface area contributed by atoms with Crippen molar-refractivity contribution in [2.45, 2.75) is 0 Å². The number of carbonyl (C=O) groups is 3. The van der Waals surface area contributed by atoms with Crippen molar-refractivity contribution < 1.29 is 23.9 Å². The van der Waals surface area contributed by atoms with Gasteiger partial charge in [0.1, 0.15) is 5.75 Å². The lowest BCUT2D eigenvalue weighted by atomic mass is 10.2. The van der Waals surface area contributed by atoms with E-state index >= 15 is 0 Å². The van der Waals surface area contributed by atoms with Crippen molar-refractivity contribution in [3.05, 3.63) is 58.6 Å². The average Bonchev–Trinajstić information content (AvgIpc) is 2.67. The van der Waals surface area contributed by atoms with Gasteiger partial charge in [0, 0.05) is 5.56 Å². The first-order chi connectivity index (χ1) is 12.4. The Balaban J connectivity index is 1.96. The topological polar surface area (TPSA) is 93.7 Å². The third kappa shape index (κ3) is 4.97. The van der Waals surface area contributed by atoms with Crippen LogP contribution in [0.1, 0.15) is 20.7 Å². The number of rotatable bonds is 6. The minimum absolute atomic E-state index is 0.245. The molecule has 8 heteroatoms. The molecule has 0 heterocycles. The number of esters is 1. The molecular weight excluding hydrogens is 360 g/mol. The maximum absolute atomic E-state index is 12.0. The summed E-state index contributed by atoms with van der Waals surface area (Å²) in [5.41, 5.74) is 0.886. The van der Waals surface area contributed by atoms with Crippen LogP contribution in [0.4, 0.5) is 5.69 Å². The summed E-state index contributed by atoms with van der Waals surface area (Å²) in [6, 6.07) is 10.8. The number of methoxy groups -OCH3 is 2. The van der Waals surface area contributed by atoms with Gasteiger partial charge in [-0.1, -0.05) is 11.6 Å². The molecule has 2 aromatic carbocycles. The van der Waals surface area contributed by atoms with Crippen LogP contribution in [0.5, 0.6) is 5.75 Å². The first-order valence-corrected chi connectivity index (χ1v) is 7.92. The molecular formula is C18H17ClN2O5. The molecule has 0 bridgehead atoms. The molecule has 0 unspecified atom stereocenters. The molecule has 2 N–H and O–H groups in total.